The van der Waals surface area contributed by atoms with E-state index in [-0.39, 0.29) is 11.7 Å². The number of Topliss-reactive ketones (excluding diaryl/α,β-unsaturated/α-hetero) is 1. The molecular weight excluding hydrogens is 240 g/mol. The number of ketones is 1. The monoisotopic (exact) mass is 260 g/mol. The van der Waals surface area contributed by atoms with Crippen molar-refractivity contribution in [2.75, 3.05) is 14.2 Å². The number of rotatable bonds is 5. The van der Waals surface area contributed by atoms with Crippen molar-refractivity contribution < 1.29 is 14.3 Å². The fourth-order valence-corrected chi connectivity index (χ4v) is 2.38. The highest BCUT2D eigenvalue weighted by Gasteiger charge is 2.18. The van der Waals surface area contributed by atoms with Gasteiger partial charge in [-0.3, -0.25) is 4.79 Å². The van der Waals surface area contributed by atoms with Crippen LogP contribution in [0.3, 0.4) is 0 Å². The van der Waals surface area contributed by atoms with Gasteiger partial charge in [0.25, 0.3) is 0 Å². The summed E-state index contributed by atoms with van der Waals surface area (Å²) in [5.41, 5.74) is 0.945. The standard InChI is InChI=1S/C16H20O3/c1-18-14-8-12(9-15(11-14)19-2)10-16(17)13-6-4-3-5-7-13/h4,6,8-9,11,13H,3,5,7,10H2,1-2H3. The van der Waals surface area contributed by atoms with Gasteiger partial charge in [-0.05, 0) is 37.0 Å². The largest absolute Gasteiger partial charge is 0.497 e. The molecule has 1 atom stereocenters. The van der Waals surface area contributed by atoms with E-state index in [1.807, 2.05) is 24.3 Å². The second-order valence-electron chi connectivity index (χ2n) is 4.83. The van der Waals surface area contributed by atoms with Crippen molar-refractivity contribution in [1.82, 2.24) is 0 Å². The Balaban J connectivity index is 2.11. The highest BCUT2D eigenvalue weighted by Crippen LogP contribution is 2.25. The minimum atomic E-state index is 0.0749. The zero-order valence-electron chi connectivity index (χ0n) is 11.5. The maximum Gasteiger partial charge on any atom is 0.144 e. The number of hydrogen-bond donors (Lipinski definition) is 0. The maximum absolute atomic E-state index is 12.2. The zero-order valence-corrected chi connectivity index (χ0v) is 11.5. The molecule has 0 bridgehead atoms. The summed E-state index contributed by atoms with van der Waals surface area (Å²) in [6, 6.07) is 5.61. The van der Waals surface area contributed by atoms with E-state index in [2.05, 4.69) is 6.08 Å². The highest BCUT2D eigenvalue weighted by atomic mass is 16.5. The lowest BCUT2D eigenvalue weighted by atomic mass is 9.89. The smallest absolute Gasteiger partial charge is 0.144 e. The van der Waals surface area contributed by atoms with Crippen LogP contribution in [-0.4, -0.2) is 20.0 Å². The molecule has 3 nitrogen and oxygen atoms in total. The van der Waals surface area contributed by atoms with Gasteiger partial charge in [-0.2, -0.15) is 0 Å². The molecule has 1 aliphatic rings. The average Bonchev–Trinajstić information content (AvgIpc) is 2.47. The molecule has 0 aromatic heterocycles. The number of benzene rings is 1. The van der Waals surface area contributed by atoms with E-state index < -0.39 is 0 Å². The molecule has 1 aromatic carbocycles. The zero-order chi connectivity index (χ0) is 13.7. The molecule has 0 heterocycles. The SMILES string of the molecule is COc1cc(CC(=O)C2C=CCCC2)cc(OC)c1. The van der Waals surface area contributed by atoms with E-state index in [1.165, 1.54) is 0 Å². The summed E-state index contributed by atoms with van der Waals surface area (Å²) in [7, 11) is 3.23. The van der Waals surface area contributed by atoms with Crippen molar-refractivity contribution in [3.05, 3.63) is 35.9 Å². The number of methoxy groups -OCH3 is 2. The van der Waals surface area contributed by atoms with Crippen LogP contribution >= 0.6 is 0 Å². The van der Waals surface area contributed by atoms with Gasteiger partial charge in [0.15, 0.2) is 0 Å². The van der Waals surface area contributed by atoms with Crippen molar-refractivity contribution >= 4 is 5.78 Å². The Bertz CT molecular complexity index is 455. The third-order valence-corrected chi connectivity index (χ3v) is 3.46. The van der Waals surface area contributed by atoms with E-state index in [4.69, 9.17) is 9.47 Å². The summed E-state index contributed by atoms with van der Waals surface area (Å²) >= 11 is 0. The Hall–Kier alpha value is -1.77. The van der Waals surface area contributed by atoms with Gasteiger partial charge in [-0.1, -0.05) is 12.2 Å². The van der Waals surface area contributed by atoms with Crippen molar-refractivity contribution in [3.63, 3.8) is 0 Å². The Labute approximate surface area is 114 Å². The van der Waals surface area contributed by atoms with E-state index in [9.17, 15) is 4.79 Å². The van der Waals surface area contributed by atoms with E-state index in [1.54, 1.807) is 14.2 Å². The Morgan fingerprint density at radius 2 is 1.89 bits per heavy atom. The first-order valence-corrected chi connectivity index (χ1v) is 6.64. The summed E-state index contributed by atoms with van der Waals surface area (Å²) in [5.74, 6) is 1.79. The van der Waals surface area contributed by atoms with Gasteiger partial charge >= 0.3 is 0 Å². The van der Waals surface area contributed by atoms with Crippen LogP contribution in [0, 0.1) is 5.92 Å². The molecule has 0 fully saturated rings. The molecule has 0 N–H and O–H groups in total. The second kappa shape index (κ2) is 6.41. The Morgan fingerprint density at radius 3 is 2.42 bits per heavy atom. The lowest BCUT2D eigenvalue weighted by Crippen LogP contribution is -2.16. The van der Waals surface area contributed by atoms with E-state index in [0.717, 1.165) is 36.3 Å². The molecule has 102 valence electrons. The fourth-order valence-electron chi connectivity index (χ4n) is 2.38. The number of hydrogen-bond acceptors (Lipinski definition) is 3. The molecule has 2 rings (SSSR count). The summed E-state index contributed by atoms with van der Waals surface area (Å²) in [6.45, 7) is 0. The number of ether oxygens (including phenoxy) is 2. The van der Waals surface area contributed by atoms with Crippen molar-refractivity contribution in [3.8, 4) is 11.5 Å². The number of carbonyl (C=O) groups excluding carboxylic acids is 1. The van der Waals surface area contributed by atoms with Crippen LogP contribution in [0.5, 0.6) is 11.5 Å². The predicted octanol–water partition coefficient (Wildman–Crippen LogP) is 3.17. The summed E-state index contributed by atoms with van der Waals surface area (Å²) in [4.78, 5) is 12.2. The Morgan fingerprint density at radius 1 is 1.21 bits per heavy atom. The van der Waals surface area contributed by atoms with Gasteiger partial charge in [0.1, 0.15) is 17.3 Å². The van der Waals surface area contributed by atoms with Gasteiger partial charge in [0.2, 0.25) is 0 Å². The Kier molecular flexibility index (Phi) is 4.61. The predicted molar refractivity (Wildman–Crippen MR) is 74.7 cm³/mol. The van der Waals surface area contributed by atoms with Gasteiger partial charge in [0, 0.05) is 18.4 Å². The normalized spacial score (nSPS) is 18.1. The van der Waals surface area contributed by atoms with Gasteiger partial charge in [0.05, 0.1) is 14.2 Å². The molecule has 1 aromatic rings. The van der Waals surface area contributed by atoms with Crippen LogP contribution in [0.1, 0.15) is 24.8 Å². The van der Waals surface area contributed by atoms with Gasteiger partial charge in [-0.15, -0.1) is 0 Å². The fraction of sp³-hybridized carbons (Fsp3) is 0.438. The molecule has 0 saturated heterocycles. The minimum Gasteiger partial charge on any atom is -0.497 e. The molecule has 0 amide bonds. The first kappa shape index (κ1) is 13.7. The lowest BCUT2D eigenvalue weighted by molar-refractivity contribution is -0.121. The molecular formula is C16H20O3. The second-order valence-corrected chi connectivity index (χ2v) is 4.83. The number of allylic oxidation sites excluding steroid dienone is 2. The van der Waals surface area contributed by atoms with Crippen molar-refractivity contribution in [2.45, 2.75) is 25.7 Å². The quantitative estimate of drug-likeness (QED) is 0.763. The first-order valence-electron chi connectivity index (χ1n) is 6.64. The minimum absolute atomic E-state index is 0.0749. The van der Waals surface area contributed by atoms with Crippen LogP contribution in [0.15, 0.2) is 30.4 Å². The van der Waals surface area contributed by atoms with Gasteiger partial charge in [-0.25, -0.2) is 0 Å². The third-order valence-electron chi connectivity index (χ3n) is 3.46. The highest BCUT2D eigenvalue weighted by molar-refractivity contribution is 5.85. The van der Waals surface area contributed by atoms with Crippen LogP contribution in [0.2, 0.25) is 0 Å². The molecule has 0 radical (unpaired) electrons. The van der Waals surface area contributed by atoms with Gasteiger partial charge < -0.3 is 9.47 Å². The summed E-state index contributed by atoms with van der Waals surface area (Å²) in [6.07, 6.45) is 7.76. The lowest BCUT2D eigenvalue weighted by Gasteiger charge is -2.15. The maximum atomic E-state index is 12.2. The first-order chi connectivity index (χ1) is 9.22. The molecule has 1 unspecified atom stereocenters. The topological polar surface area (TPSA) is 35.5 Å². The average molecular weight is 260 g/mol. The molecule has 0 spiro atoms. The van der Waals surface area contributed by atoms with Crippen molar-refractivity contribution in [2.24, 2.45) is 5.92 Å². The summed E-state index contributed by atoms with van der Waals surface area (Å²) < 4.78 is 10.4. The molecule has 3 heteroatoms. The van der Waals surface area contributed by atoms with Crippen molar-refractivity contribution in [1.29, 1.82) is 0 Å². The number of carbonyl (C=O) groups is 1. The third kappa shape index (κ3) is 3.60. The van der Waals surface area contributed by atoms with Crippen LogP contribution in [0.4, 0.5) is 0 Å². The van der Waals surface area contributed by atoms with Crippen LogP contribution in [-0.2, 0) is 11.2 Å². The molecule has 19 heavy (non-hydrogen) atoms. The molecule has 1 aliphatic carbocycles. The summed E-state index contributed by atoms with van der Waals surface area (Å²) in [5, 5.41) is 0. The molecule has 0 saturated carbocycles. The molecule has 0 aliphatic heterocycles. The van der Waals surface area contributed by atoms with Crippen LogP contribution < -0.4 is 9.47 Å². The van der Waals surface area contributed by atoms with E-state index >= 15 is 0 Å². The van der Waals surface area contributed by atoms with Crippen LogP contribution in [0.25, 0.3) is 0 Å². The van der Waals surface area contributed by atoms with E-state index in [0.29, 0.717) is 6.42 Å².